The van der Waals surface area contributed by atoms with E-state index in [1.807, 2.05) is 19.1 Å². The van der Waals surface area contributed by atoms with E-state index in [0.29, 0.717) is 41.8 Å². The van der Waals surface area contributed by atoms with Gasteiger partial charge in [-0.15, -0.1) is 0 Å². The van der Waals surface area contributed by atoms with Crippen LogP contribution in [0.5, 0.6) is 5.75 Å². The van der Waals surface area contributed by atoms with Crippen LogP contribution in [0.2, 0.25) is 5.02 Å². The van der Waals surface area contributed by atoms with Gasteiger partial charge in [0.15, 0.2) is 0 Å². The van der Waals surface area contributed by atoms with Gasteiger partial charge in [0.05, 0.1) is 17.3 Å². The molecule has 0 aliphatic rings. The lowest BCUT2D eigenvalue weighted by atomic mass is 10.1. The molecular weight excluding hydrogens is 352 g/mol. The van der Waals surface area contributed by atoms with Crippen LogP contribution in [0.15, 0.2) is 48.6 Å². The van der Waals surface area contributed by atoms with Gasteiger partial charge in [0.25, 0.3) is 5.91 Å². The molecule has 0 bridgehead atoms. The molecule has 0 radical (unpaired) electrons. The summed E-state index contributed by atoms with van der Waals surface area (Å²) in [5.41, 5.74) is 9.13. The fraction of sp³-hybridized carbons (Fsp3) is 0.250. The van der Waals surface area contributed by atoms with Gasteiger partial charge in [-0.2, -0.15) is 0 Å². The second-order valence-electron chi connectivity index (χ2n) is 5.92. The number of nitrogens with two attached hydrogens (primary N) is 1. The summed E-state index contributed by atoms with van der Waals surface area (Å²) in [6.07, 6.45) is 0. The molecular formula is C20H23ClN2O3. The molecule has 2 rings (SSSR count). The molecule has 26 heavy (non-hydrogen) atoms. The maximum absolute atomic E-state index is 12.6. The maximum Gasteiger partial charge on any atom is 0.255 e. The topological polar surface area (TPSA) is 73.6 Å². The van der Waals surface area contributed by atoms with Gasteiger partial charge < -0.3 is 20.5 Å². The van der Waals surface area contributed by atoms with Crippen molar-refractivity contribution in [1.82, 2.24) is 0 Å². The standard InChI is InChI=1S/C20H23ClN2O3/c1-13(10-22)11-26-16-5-6-17(14(2)8-16)20(24)23-19-7-4-15(12-25-3)9-18(19)21/h4-9H,1,10-12,22H2,2-3H3,(H,23,24). The Bertz CT molecular complexity index is 806. The van der Waals surface area contributed by atoms with Crippen molar-refractivity contribution in [2.75, 3.05) is 25.6 Å². The number of methoxy groups -OCH3 is 1. The van der Waals surface area contributed by atoms with Crippen molar-refractivity contribution in [2.24, 2.45) is 5.73 Å². The van der Waals surface area contributed by atoms with Crippen LogP contribution < -0.4 is 15.8 Å². The van der Waals surface area contributed by atoms with Crippen molar-refractivity contribution >= 4 is 23.2 Å². The van der Waals surface area contributed by atoms with Gasteiger partial charge in [0.2, 0.25) is 0 Å². The molecule has 0 atom stereocenters. The summed E-state index contributed by atoms with van der Waals surface area (Å²) in [6.45, 7) is 6.84. The summed E-state index contributed by atoms with van der Waals surface area (Å²) < 4.78 is 10.7. The lowest BCUT2D eigenvalue weighted by Gasteiger charge is -2.12. The molecule has 5 nitrogen and oxygen atoms in total. The highest BCUT2D eigenvalue weighted by molar-refractivity contribution is 6.34. The van der Waals surface area contributed by atoms with E-state index in [-0.39, 0.29) is 5.91 Å². The molecule has 0 spiro atoms. The lowest BCUT2D eigenvalue weighted by Crippen LogP contribution is -2.14. The number of hydrogen-bond donors (Lipinski definition) is 2. The average Bonchev–Trinajstić information content (AvgIpc) is 2.62. The number of rotatable bonds is 8. The van der Waals surface area contributed by atoms with Gasteiger partial charge in [0.1, 0.15) is 12.4 Å². The summed E-state index contributed by atoms with van der Waals surface area (Å²) >= 11 is 6.24. The summed E-state index contributed by atoms with van der Waals surface area (Å²) in [5.74, 6) is 0.428. The van der Waals surface area contributed by atoms with Gasteiger partial charge in [-0.3, -0.25) is 4.79 Å². The van der Waals surface area contributed by atoms with Gasteiger partial charge in [-0.25, -0.2) is 0 Å². The summed E-state index contributed by atoms with van der Waals surface area (Å²) in [7, 11) is 1.62. The van der Waals surface area contributed by atoms with Crippen molar-refractivity contribution in [1.29, 1.82) is 0 Å². The molecule has 6 heteroatoms. The predicted molar refractivity (Wildman–Crippen MR) is 105 cm³/mol. The molecule has 0 saturated heterocycles. The minimum atomic E-state index is -0.234. The number of carbonyl (C=O) groups is 1. The molecule has 2 aromatic rings. The first-order valence-electron chi connectivity index (χ1n) is 8.13. The predicted octanol–water partition coefficient (Wildman–Crippen LogP) is 3.94. The van der Waals surface area contributed by atoms with Crippen molar-refractivity contribution in [3.05, 3.63) is 70.3 Å². The third kappa shape index (κ3) is 5.33. The smallest absolute Gasteiger partial charge is 0.255 e. The summed E-state index contributed by atoms with van der Waals surface area (Å²) in [6, 6.07) is 10.7. The highest BCUT2D eigenvalue weighted by Crippen LogP contribution is 2.25. The monoisotopic (exact) mass is 374 g/mol. The van der Waals surface area contributed by atoms with Crippen molar-refractivity contribution in [2.45, 2.75) is 13.5 Å². The van der Waals surface area contributed by atoms with Crippen LogP contribution in [0.25, 0.3) is 0 Å². The van der Waals surface area contributed by atoms with E-state index in [2.05, 4.69) is 11.9 Å². The molecule has 2 aromatic carbocycles. The number of aryl methyl sites for hydroxylation is 1. The van der Waals surface area contributed by atoms with E-state index in [0.717, 1.165) is 16.7 Å². The fourth-order valence-corrected chi connectivity index (χ4v) is 2.58. The Kier molecular flexibility index (Phi) is 7.21. The zero-order valence-corrected chi connectivity index (χ0v) is 15.7. The van der Waals surface area contributed by atoms with E-state index in [1.165, 1.54) is 0 Å². The lowest BCUT2D eigenvalue weighted by molar-refractivity contribution is 0.102. The molecule has 0 saturated carbocycles. The van der Waals surface area contributed by atoms with E-state index >= 15 is 0 Å². The number of carbonyl (C=O) groups excluding carboxylic acids is 1. The minimum absolute atomic E-state index is 0.234. The number of anilines is 1. The highest BCUT2D eigenvalue weighted by atomic mass is 35.5. The number of amides is 1. The zero-order chi connectivity index (χ0) is 19.1. The fourth-order valence-electron chi connectivity index (χ4n) is 2.33. The van der Waals surface area contributed by atoms with Crippen molar-refractivity contribution in [3.8, 4) is 5.75 Å². The molecule has 0 aromatic heterocycles. The number of nitrogens with one attached hydrogen (secondary N) is 1. The Morgan fingerprint density at radius 3 is 2.65 bits per heavy atom. The Balaban J connectivity index is 2.08. The molecule has 0 aliphatic carbocycles. The number of benzene rings is 2. The molecule has 3 N–H and O–H groups in total. The Labute approximate surface area is 158 Å². The number of halogens is 1. The number of hydrogen-bond acceptors (Lipinski definition) is 4. The van der Waals surface area contributed by atoms with Gasteiger partial charge in [-0.1, -0.05) is 24.2 Å². The molecule has 1 amide bonds. The van der Waals surface area contributed by atoms with Crippen LogP contribution in [-0.2, 0) is 11.3 Å². The van der Waals surface area contributed by atoms with Crippen LogP contribution >= 0.6 is 11.6 Å². The third-order valence-corrected chi connectivity index (χ3v) is 4.08. The Hall–Kier alpha value is -2.34. The first-order valence-corrected chi connectivity index (χ1v) is 8.51. The Morgan fingerprint density at radius 1 is 1.27 bits per heavy atom. The van der Waals surface area contributed by atoms with Gasteiger partial charge in [-0.05, 0) is 54.0 Å². The van der Waals surface area contributed by atoms with E-state index in [1.54, 1.807) is 31.4 Å². The van der Waals surface area contributed by atoms with Crippen LogP contribution in [0, 0.1) is 6.92 Å². The third-order valence-electron chi connectivity index (χ3n) is 3.77. The van der Waals surface area contributed by atoms with E-state index < -0.39 is 0 Å². The first-order chi connectivity index (χ1) is 12.4. The van der Waals surface area contributed by atoms with Crippen LogP contribution in [-0.4, -0.2) is 26.2 Å². The van der Waals surface area contributed by atoms with E-state index in [9.17, 15) is 4.79 Å². The zero-order valence-electron chi connectivity index (χ0n) is 15.0. The van der Waals surface area contributed by atoms with Crippen LogP contribution in [0.1, 0.15) is 21.5 Å². The highest BCUT2D eigenvalue weighted by Gasteiger charge is 2.12. The first kappa shape index (κ1) is 20.0. The number of ether oxygens (including phenoxy) is 2. The SMILES string of the molecule is C=C(CN)COc1ccc(C(=O)Nc2ccc(COC)cc2Cl)c(C)c1. The van der Waals surface area contributed by atoms with Crippen LogP contribution in [0.3, 0.4) is 0 Å². The Morgan fingerprint density at radius 2 is 2.04 bits per heavy atom. The summed E-state index contributed by atoms with van der Waals surface area (Å²) in [4.78, 5) is 12.6. The largest absolute Gasteiger partial charge is 0.489 e. The van der Waals surface area contributed by atoms with Crippen molar-refractivity contribution in [3.63, 3.8) is 0 Å². The molecule has 0 heterocycles. The molecule has 0 unspecified atom stereocenters. The quantitative estimate of drug-likeness (QED) is 0.686. The second kappa shape index (κ2) is 9.38. The maximum atomic E-state index is 12.6. The van der Waals surface area contributed by atoms with Gasteiger partial charge >= 0.3 is 0 Å². The van der Waals surface area contributed by atoms with Crippen molar-refractivity contribution < 1.29 is 14.3 Å². The average molecular weight is 375 g/mol. The second-order valence-corrected chi connectivity index (χ2v) is 6.33. The molecule has 138 valence electrons. The van der Waals surface area contributed by atoms with E-state index in [4.69, 9.17) is 26.8 Å². The normalized spacial score (nSPS) is 10.5. The molecule has 0 fully saturated rings. The summed E-state index contributed by atoms with van der Waals surface area (Å²) in [5, 5.41) is 3.30. The van der Waals surface area contributed by atoms with Gasteiger partial charge in [0, 0.05) is 19.2 Å². The molecule has 0 aliphatic heterocycles. The van der Waals surface area contributed by atoms with Crippen LogP contribution in [0.4, 0.5) is 5.69 Å². The minimum Gasteiger partial charge on any atom is -0.489 e.